The molecule has 2 aromatic rings. The summed E-state index contributed by atoms with van der Waals surface area (Å²) in [7, 11) is -3.38. The number of nitrogens with zero attached hydrogens (tertiary/aromatic N) is 3. The van der Waals surface area contributed by atoms with Crippen LogP contribution in [0.3, 0.4) is 0 Å². The Kier molecular flexibility index (Phi) is 7.09. The van der Waals surface area contributed by atoms with Crippen LogP contribution in [0.2, 0.25) is 0 Å². The van der Waals surface area contributed by atoms with Crippen LogP contribution in [0.4, 0.5) is 0 Å². The van der Waals surface area contributed by atoms with E-state index < -0.39 is 9.84 Å². The molecule has 0 N–H and O–H groups in total. The van der Waals surface area contributed by atoms with Crippen LogP contribution in [-0.2, 0) is 29.3 Å². The maximum Gasteiger partial charge on any atom is 0.227 e. The van der Waals surface area contributed by atoms with Crippen molar-refractivity contribution >= 4 is 9.84 Å². The maximum absolute atomic E-state index is 12.3. The van der Waals surface area contributed by atoms with Gasteiger partial charge in [0.05, 0.1) is 11.9 Å². The molecule has 5 nitrogen and oxygen atoms in total. The van der Waals surface area contributed by atoms with Crippen LogP contribution in [-0.4, -0.2) is 41.2 Å². The first kappa shape index (κ1) is 21.5. The van der Waals surface area contributed by atoms with Crippen molar-refractivity contribution in [3.63, 3.8) is 0 Å². The van der Waals surface area contributed by atoms with E-state index in [9.17, 15) is 8.42 Å². The van der Waals surface area contributed by atoms with Gasteiger partial charge in [0.2, 0.25) is 15.0 Å². The summed E-state index contributed by atoms with van der Waals surface area (Å²) >= 11 is 0. The van der Waals surface area contributed by atoms with Crippen molar-refractivity contribution in [1.82, 2.24) is 14.5 Å². The molecule has 156 valence electrons. The summed E-state index contributed by atoms with van der Waals surface area (Å²) in [5, 5.41) is 0.168. The Bertz CT molecular complexity index is 948. The van der Waals surface area contributed by atoms with Crippen LogP contribution < -0.4 is 0 Å². The predicted molar refractivity (Wildman–Crippen MR) is 117 cm³/mol. The normalized spacial score (nSPS) is 20.1. The average Bonchev–Trinajstić information content (AvgIpc) is 3.09. The molecule has 0 aliphatic carbocycles. The van der Waals surface area contributed by atoms with Crippen LogP contribution in [0.5, 0.6) is 0 Å². The molecule has 0 unspecified atom stereocenters. The highest BCUT2D eigenvalue weighted by atomic mass is 32.2. The van der Waals surface area contributed by atoms with Crippen molar-refractivity contribution in [1.29, 1.82) is 0 Å². The van der Waals surface area contributed by atoms with Gasteiger partial charge in [0.1, 0.15) is 0 Å². The SMILES string of the molecule is C=CC[C@@H]1CC=C[C@@H](C)N1Cc1cnc(S(C)(=O)=O)n1CCCc1ccccc1. The van der Waals surface area contributed by atoms with E-state index in [1.54, 1.807) is 6.20 Å². The maximum atomic E-state index is 12.3. The van der Waals surface area contributed by atoms with Gasteiger partial charge in [0, 0.05) is 31.4 Å². The molecule has 0 saturated heterocycles. The van der Waals surface area contributed by atoms with Crippen molar-refractivity contribution < 1.29 is 8.42 Å². The van der Waals surface area contributed by atoms with E-state index in [0.29, 0.717) is 25.2 Å². The third-order valence-electron chi connectivity index (χ3n) is 5.52. The fourth-order valence-electron chi connectivity index (χ4n) is 4.03. The molecule has 0 bridgehead atoms. The predicted octanol–water partition coefficient (Wildman–Crippen LogP) is 4.01. The zero-order valence-corrected chi connectivity index (χ0v) is 18.2. The Morgan fingerprint density at radius 1 is 1.28 bits per heavy atom. The molecule has 2 atom stereocenters. The van der Waals surface area contributed by atoms with Gasteiger partial charge in [-0.25, -0.2) is 13.4 Å². The lowest BCUT2D eigenvalue weighted by Crippen LogP contribution is -2.42. The van der Waals surface area contributed by atoms with Crippen LogP contribution in [0.1, 0.15) is 37.4 Å². The van der Waals surface area contributed by atoms with Gasteiger partial charge in [-0.3, -0.25) is 4.90 Å². The summed E-state index contributed by atoms with van der Waals surface area (Å²) in [6, 6.07) is 11.0. The molecule has 6 heteroatoms. The molecular formula is C23H31N3O2S. The highest BCUT2D eigenvalue weighted by Gasteiger charge is 2.26. The van der Waals surface area contributed by atoms with Crippen LogP contribution in [0.25, 0.3) is 0 Å². The Morgan fingerprint density at radius 2 is 2.03 bits per heavy atom. The first-order valence-electron chi connectivity index (χ1n) is 10.2. The van der Waals surface area contributed by atoms with Gasteiger partial charge in [0.25, 0.3) is 0 Å². The van der Waals surface area contributed by atoms with Gasteiger partial charge in [-0.05, 0) is 38.2 Å². The monoisotopic (exact) mass is 413 g/mol. The minimum Gasteiger partial charge on any atom is -0.318 e. The molecule has 0 amide bonds. The van der Waals surface area contributed by atoms with Gasteiger partial charge >= 0.3 is 0 Å². The molecule has 3 rings (SSSR count). The number of imidazole rings is 1. The lowest BCUT2D eigenvalue weighted by molar-refractivity contribution is 0.146. The van der Waals surface area contributed by atoms with E-state index in [0.717, 1.165) is 31.4 Å². The van der Waals surface area contributed by atoms with Gasteiger partial charge in [0.15, 0.2) is 0 Å². The molecular weight excluding hydrogens is 382 g/mol. The third kappa shape index (κ3) is 5.46. The van der Waals surface area contributed by atoms with Crippen LogP contribution in [0.15, 0.2) is 66.5 Å². The Balaban J connectivity index is 1.81. The lowest BCUT2D eigenvalue weighted by Gasteiger charge is -2.37. The van der Waals surface area contributed by atoms with Gasteiger partial charge in [-0.2, -0.15) is 0 Å². The zero-order chi connectivity index (χ0) is 20.9. The molecule has 0 fully saturated rings. The molecule has 0 saturated carbocycles. The standard InChI is InChI=1S/C23H31N3O2S/c1-4-10-21-15-8-11-19(2)26(21)18-22-17-24-23(29(3,27)28)25(22)16-9-14-20-12-6-5-7-13-20/h4-8,11-13,17,19,21H,1,9-10,14-16,18H2,2-3H3/t19-,21-/m1/s1. The summed E-state index contributed by atoms with van der Waals surface area (Å²) in [6.07, 6.45) is 13.0. The summed E-state index contributed by atoms with van der Waals surface area (Å²) in [5.41, 5.74) is 2.21. The van der Waals surface area contributed by atoms with E-state index in [4.69, 9.17) is 0 Å². The Morgan fingerprint density at radius 3 is 2.72 bits per heavy atom. The van der Waals surface area contributed by atoms with Crippen molar-refractivity contribution in [2.75, 3.05) is 6.26 Å². The Labute approximate surface area is 174 Å². The van der Waals surface area contributed by atoms with E-state index in [1.165, 1.54) is 11.8 Å². The minimum absolute atomic E-state index is 0.168. The number of sulfone groups is 1. The number of aryl methyl sites for hydroxylation is 1. The van der Waals surface area contributed by atoms with E-state index in [1.807, 2.05) is 28.8 Å². The van der Waals surface area contributed by atoms with Crippen molar-refractivity contribution in [3.8, 4) is 0 Å². The topological polar surface area (TPSA) is 55.2 Å². The summed E-state index contributed by atoms with van der Waals surface area (Å²) in [4.78, 5) is 6.70. The van der Waals surface area contributed by atoms with Gasteiger partial charge in [-0.15, -0.1) is 6.58 Å². The third-order valence-corrected chi connectivity index (χ3v) is 6.51. The first-order chi connectivity index (χ1) is 13.9. The second-order valence-corrected chi connectivity index (χ2v) is 9.71. The lowest BCUT2D eigenvalue weighted by atomic mass is 10.00. The fourth-order valence-corrected chi connectivity index (χ4v) is 4.89. The molecule has 1 aliphatic heterocycles. The molecule has 1 aliphatic rings. The summed E-state index contributed by atoms with van der Waals surface area (Å²) in [5.74, 6) is 0. The Hall–Kier alpha value is -2.18. The van der Waals surface area contributed by atoms with E-state index >= 15 is 0 Å². The fraction of sp³-hybridized carbons (Fsp3) is 0.435. The molecule has 0 spiro atoms. The molecule has 1 aromatic carbocycles. The first-order valence-corrected chi connectivity index (χ1v) is 12.1. The number of rotatable bonds is 9. The molecule has 2 heterocycles. The van der Waals surface area contributed by atoms with E-state index in [2.05, 4.69) is 47.7 Å². The number of benzene rings is 1. The van der Waals surface area contributed by atoms with Crippen molar-refractivity contribution in [2.45, 2.75) is 62.9 Å². The average molecular weight is 414 g/mol. The van der Waals surface area contributed by atoms with Crippen molar-refractivity contribution in [2.24, 2.45) is 0 Å². The van der Waals surface area contributed by atoms with Crippen molar-refractivity contribution in [3.05, 3.63) is 72.6 Å². The summed E-state index contributed by atoms with van der Waals surface area (Å²) < 4.78 is 26.5. The number of aromatic nitrogens is 2. The second kappa shape index (κ2) is 9.55. The quantitative estimate of drug-likeness (QED) is 0.583. The van der Waals surface area contributed by atoms with Crippen LogP contribution in [0, 0.1) is 0 Å². The van der Waals surface area contributed by atoms with Gasteiger partial charge in [-0.1, -0.05) is 48.6 Å². The van der Waals surface area contributed by atoms with Crippen LogP contribution >= 0.6 is 0 Å². The highest BCUT2D eigenvalue weighted by Crippen LogP contribution is 2.24. The largest absolute Gasteiger partial charge is 0.318 e. The van der Waals surface area contributed by atoms with E-state index in [-0.39, 0.29) is 5.16 Å². The highest BCUT2D eigenvalue weighted by molar-refractivity contribution is 7.90. The zero-order valence-electron chi connectivity index (χ0n) is 17.4. The second-order valence-electron chi connectivity index (χ2n) is 7.80. The molecule has 0 radical (unpaired) electrons. The smallest absolute Gasteiger partial charge is 0.227 e. The molecule has 29 heavy (non-hydrogen) atoms. The molecule has 1 aromatic heterocycles. The van der Waals surface area contributed by atoms with Gasteiger partial charge < -0.3 is 4.57 Å². The minimum atomic E-state index is -3.38. The number of hydrogen-bond acceptors (Lipinski definition) is 4. The number of hydrogen-bond donors (Lipinski definition) is 0. The summed E-state index contributed by atoms with van der Waals surface area (Å²) in [6.45, 7) is 7.39.